The van der Waals surface area contributed by atoms with E-state index in [1.54, 1.807) is 0 Å². The van der Waals surface area contributed by atoms with Gasteiger partial charge in [0.15, 0.2) is 0 Å². The average molecular weight is 204 g/mol. The minimum atomic E-state index is 0.174. The van der Waals surface area contributed by atoms with Crippen molar-refractivity contribution in [3.63, 3.8) is 0 Å². The molecule has 1 aromatic rings. The SMILES string of the molecule is Cc1ccc2c(c1)C(C(C)(C)C)OC2C. The van der Waals surface area contributed by atoms with Crippen molar-refractivity contribution in [2.45, 2.75) is 46.8 Å². The molecule has 0 saturated heterocycles. The molecule has 0 aromatic heterocycles. The van der Waals surface area contributed by atoms with Crippen LogP contribution in [0.1, 0.15) is 56.6 Å². The second kappa shape index (κ2) is 3.34. The first kappa shape index (κ1) is 10.7. The van der Waals surface area contributed by atoms with E-state index in [2.05, 4.69) is 52.8 Å². The van der Waals surface area contributed by atoms with Crippen LogP contribution in [0.5, 0.6) is 0 Å². The Labute approximate surface area is 92.5 Å². The van der Waals surface area contributed by atoms with Crippen molar-refractivity contribution >= 4 is 0 Å². The fraction of sp³-hybridized carbons (Fsp3) is 0.571. The summed E-state index contributed by atoms with van der Waals surface area (Å²) in [5.41, 5.74) is 4.24. The number of benzene rings is 1. The summed E-state index contributed by atoms with van der Waals surface area (Å²) in [5, 5.41) is 0. The van der Waals surface area contributed by atoms with Crippen LogP contribution in [-0.2, 0) is 4.74 Å². The predicted molar refractivity (Wildman–Crippen MR) is 62.9 cm³/mol. The van der Waals surface area contributed by atoms with Crippen LogP contribution in [0.25, 0.3) is 0 Å². The average Bonchev–Trinajstić information content (AvgIpc) is 2.42. The highest BCUT2D eigenvalue weighted by Crippen LogP contribution is 2.47. The molecule has 82 valence electrons. The maximum atomic E-state index is 6.05. The van der Waals surface area contributed by atoms with Crippen molar-refractivity contribution in [3.05, 3.63) is 34.9 Å². The van der Waals surface area contributed by atoms with Gasteiger partial charge in [-0.2, -0.15) is 0 Å². The zero-order valence-corrected chi connectivity index (χ0v) is 10.3. The van der Waals surface area contributed by atoms with Gasteiger partial charge in [0, 0.05) is 0 Å². The monoisotopic (exact) mass is 204 g/mol. The quantitative estimate of drug-likeness (QED) is 0.616. The van der Waals surface area contributed by atoms with Gasteiger partial charge in [0.2, 0.25) is 0 Å². The van der Waals surface area contributed by atoms with Gasteiger partial charge in [-0.05, 0) is 30.4 Å². The van der Waals surface area contributed by atoms with Gasteiger partial charge in [0.25, 0.3) is 0 Å². The maximum Gasteiger partial charge on any atom is 0.0885 e. The van der Waals surface area contributed by atoms with Crippen LogP contribution in [0.3, 0.4) is 0 Å². The highest BCUT2D eigenvalue weighted by atomic mass is 16.5. The summed E-state index contributed by atoms with van der Waals surface area (Å²) in [6.45, 7) is 11.0. The third-order valence-electron chi connectivity index (χ3n) is 3.09. The molecule has 1 aliphatic heterocycles. The molecule has 2 rings (SSSR count). The Hall–Kier alpha value is -0.820. The minimum absolute atomic E-state index is 0.174. The number of rotatable bonds is 0. The van der Waals surface area contributed by atoms with Crippen LogP contribution in [-0.4, -0.2) is 0 Å². The molecule has 0 amide bonds. The van der Waals surface area contributed by atoms with Gasteiger partial charge >= 0.3 is 0 Å². The summed E-state index contributed by atoms with van der Waals surface area (Å²) >= 11 is 0. The van der Waals surface area contributed by atoms with Gasteiger partial charge in [-0.3, -0.25) is 0 Å². The summed E-state index contributed by atoms with van der Waals surface area (Å²) in [5.74, 6) is 0. The van der Waals surface area contributed by atoms with E-state index in [4.69, 9.17) is 4.74 Å². The van der Waals surface area contributed by atoms with Crippen molar-refractivity contribution in [2.75, 3.05) is 0 Å². The molecule has 2 unspecified atom stereocenters. The van der Waals surface area contributed by atoms with Crippen LogP contribution in [0.15, 0.2) is 18.2 Å². The number of hydrogen-bond donors (Lipinski definition) is 0. The molecule has 0 saturated carbocycles. The lowest BCUT2D eigenvalue weighted by molar-refractivity contribution is -0.0395. The molecule has 0 aliphatic carbocycles. The second-order valence-electron chi connectivity index (χ2n) is 5.66. The zero-order chi connectivity index (χ0) is 11.2. The fourth-order valence-electron chi connectivity index (χ4n) is 2.31. The van der Waals surface area contributed by atoms with E-state index in [0.717, 1.165) is 0 Å². The normalized spacial score (nSPS) is 25.4. The van der Waals surface area contributed by atoms with E-state index in [9.17, 15) is 0 Å². The molecule has 2 atom stereocenters. The summed E-state index contributed by atoms with van der Waals surface area (Å²) < 4.78 is 6.05. The van der Waals surface area contributed by atoms with Crippen LogP contribution in [0, 0.1) is 12.3 Å². The molecule has 15 heavy (non-hydrogen) atoms. The molecule has 1 aromatic carbocycles. The molecular weight excluding hydrogens is 184 g/mol. The Morgan fingerprint density at radius 3 is 2.40 bits per heavy atom. The Morgan fingerprint density at radius 1 is 1.13 bits per heavy atom. The van der Waals surface area contributed by atoms with Crippen LogP contribution < -0.4 is 0 Å². The number of fused-ring (bicyclic) bond motifs is 1. The molecule has 0 spiro atoms. The maximum absolute atomic E-state index is 6.05. The Bertz CT molecular complexity index is 373. The van der Waals surface area contributed by atoms with Crippen LogP contribution >= 0.6 is 0 Å². The highest BCUT2D eigenvalue weighted by Gasteiger charge is 2.36. The van der Waals surface area contributed by atoms with Crippen molar-refractivity contribution in [3.8, 4) is 0 Å². The summed E-state index contributed by atoms with van der Waals surface area (Å²) in [7, 11) is 0. The molecule has 0 N–H and O–H groups in total. The molecule has 1 nitrogen and oxygen atoms in total. The van der Waals surface area contributed by atoms with Gasteiger partial charge in [0.05, 0.1) is 12.2 Å². The molecule has 1 aliphatic rings. The zero-order valence-electron chi connectivity index (χ0n) is 10.3. The molecule has 1 heteroatoms. The molecule has 0 radical (unpaired) electrons. The first-order valence-corrected chi connectivity index (χ1v) is 5.65. The first-order valence-electron chi connectivity index (χ1n) is 5.65. The first-order chi connectivity index (χ1) is 6.89. The summed E-state index contributed by atoms with van der Waals surface area (Å²) in [6.07, 6.45) is 0.479. The Morgan fingerprint density at radius 2 is 1.80 bits per heavy atom. The van der Waals surface area contributed by atoms with Crippen molar-refractivity contribution < 1.29 is 4.74 Å². The lowest BCUT2D eigenvalue weighted by Gasteiger charge is -2.27. The number of ether oxygens (including phenoxy) is 1. The van der Waals surface area contributed by atoms with Gasteiger partial charge in [0.1, 0.15) is 0 Å². The lowest BCUT2D eigenvalue weighted by Crippen LogP contribution is -2.17. The van der Waals surface area contributed by atoms with Crippen molar-refractivity contribution in [1.82, 2.24) is 0 Å². The fourth-order valence-corrected chi connectivity index (χ4v) is 2.31. The van der Waals surface area contributed by atoms with E-state index < -0.39 is 0 Å². The van der Waals surface area contributed by atoms with Crippen LogP contribution in [0.2, 0.25) is 0 Å². The summed E-state index contributed by atoms with van der Waals surface area (Å²) in [4.78, 5) is 0. The van der Waals surface area contributed by atoms with E-state index in [0.29, 0.717) is 0 Å². The number of hydrogen-bond acceptors (Lipinski definition) is 1. The third-order valence-corrected chi connectivity index (χ3v) is 3.09. The third kappa shape index (κ3) is 1.81. The molecule has 0 bridgehead atoms. The van der Waals surface area contributed by atoms with Gasteiger partial charge in [-0.15, -0.1) is 0 Å². The number of aryl methyl sites for hydroxylation is 1. The standard InChI is InChI=1S/C14H20O/c1-9-6-7-11-10(2)15-13(12(11)8-9)14(3,4)5/h6-8,10,13H,1-5H3. The van der Waals surface area contributed by atoms with Gasteiger partial charge in [-0.25, -0.2) is 0 Å². The Kier molecular flexibility index (Phi) is 2.38. The van der Waals surface area contributed by atoms with E-state index in [-0.39, 0.29) is 17.6 Å². The Balaban J connectivity index is 2.49. The molecule has 0 fully saturated rings. The molecular formula is C14H20O. The van der Waals surface area contributed by atoms with E-state index >= 15 is 0 Å². The van der Waals surface area contributed by atoms with E-state index in [1.165, 1.54) is 16.7 Å². The smallest absolute Gasteiger partial charge is 0.0885 e. The highest BCUT2D eigenvalue weighted by molar-refractivity contribution is 5.38. The topological polar surface area (TPSA) is 9.23 Å². The predicted octanol–water partition coefficient (Wildman–Crippen LogP) is 4.17. The minimum Gasteiger partial charge on any atom is -0.365 e. The van der Waals surface area contributed by atoms with Gasteiger partial charge in [-0.1, -0.05) is 44.5 Å². The van der Waals surface area contributed by atoms with Crippen molar-refractivity contribution in [1.29, 1.82) is 0 Å². The van der Waals surface area contributed by atoms with E-state index in [1.807, 2.05) is 0 Å². The van der Waals surface area contributed by atoms with Gasteiger partial charge < -0.3 is 4.74 Å². The largest absolute Gasteiger partial charge is 0.365 e. The van der Waals surface area contributed by atoms with Crippen LogP contribution in [0.4, 0.5) is 0 Å². The van der Waals surface area contributed by atoms with Crippen molar-refractivity contribution in [2.24, 2.45) is 5.41 Å². The summed E-state index contributed by atoms with van der Waals surface area (Å²) in [6, 6.07) is 6.65. The second-order valence-corrected chi connectivity index (χ2v) is 5.66. The molecule has 1 heterocycles. The lowest BCUT2D eigenvalue weighted by atomic mass is 9.83.